The molecule has 0 aliphatic carbocycles. The average molecular weight is 395 g/mol. The van der Waals surface area contributed by atoms with Crippen LogP contribution in [0, 0.1) is 11.3 Å². The largest absolute Gasteiger partial charge is 0.465 e. The molecule has 29 heavy (non-hydrogen) atoms. The number of carbonyl (C=O) groups excluding carboxylic acids is 3. The molecule has 0 unspecified atom stereocenters. The van der Waals surface area contributed by atoms with Crippen LogP contribution in [0.5, 0.6) is 0 Å². The minimum absolute atomic E-state index is 0.0623. The van der Waals surface area contributed by atoms with E-state index in [9.17, 15) is 14.4 Å². The van der Waals surface area contributed by atoms with E-state index in [4.69, 9.17) is 5.26 Å². The van der Waals surface area contributed by atoms with Crippen LogP contribution in [0.15, 0.2) is 42.5 Å². The first-order chi connectivity index (χ1) is 13.9. The first kappa shape index (κ1) is 21.6. The third kappa shape index (κ3) is 6.16. The molecule has 0 aliphatic heterocycles. The molecular weight excluding hydrogens is 374 g/mol. The van der Waals surface area contributed by atoms with E-state index >= 15 is 0 Å². The number of amides is 1. The van der Waals surface area contributed by atoms with Crippen molar-refractivity contribution in [3.8, 4) is 6.07 Å². The first-order valence-corrected chi connectivity index (χ1v) is 8.65. The van der Waals surface area contributed by atoms with Crippen molar-refractivity contribution in [1.29, 1.82) is 5.26 Å². The Labute approximate surface area is 168 Å². The maximum atomic E-state index is 12.4. The number of likely N-dealkylation sites (N-methyl/N-ethyl adjacent to an activating group) is 1. The van der Waals surface area contributed by atoms with E-state index in [1.54, 1.807) is 30.1 Å². The van der Waals surface area contributed by atoms with E-state index in [1.807, 2.05) is 6.07 Å². The van der Waals surface area contributed by atoms with E-state index in [2.05, 4.69) is 20.9 Å². The number of anilines is 1. The monoisotopic (exact) mass is 395 g/mol. The smallest absolute Gasteiger partial charge is 0.337 e. The minimum Gasteiger partial charge on any atom is -0.465 e. The van der Waals surface area contributed by atoms with E-state index < -0.39 is 11.9 Å². The van der Waals surface area contributed by atoms with Crippen molar-refractivity contribution < 1.29 is 23.9 Å². The van der Waals surface area contributed by atoms with Gasteiger partial charge >= 0.3 is 11.9 Å². The van der Waals surface area contributed by atoms with Crippen LogP contribution in [0.4, 0.5) is 5.69 Å². The molecule has 150 valence electrons. The Hall–Kier alpha value is -3.70. The number of benzene rings is 2. The molecule has 0 atom stereocenters. The van der Waals surface area contributed by atoms with Gasteiger partial charge in [-0.25, -0.2) is 9.59 Å². The van der Waals surface area contributed by atoms with Gasteiger partial charge in [-0.05, 0) is 42.9 Å². The van der Waals surface area contributed by atoms with Gasteiger partial charge in [-0.1, -0.05) is 12.1 Å². The predicted octanol–water partition coefficient (Wildman–Crippen LogP) is 2.20. The summed E-state index contributed by atoms with van der Waals surface area (Å²) >= 11 is 0. The molecule has 0 radical (unpaired) electrons. The maximum absolute atomic E-state index is 12.4. The lowest BCUT2D eigenvalue weighted by molar-refractivity contribution is -0.117. The van der Waals surface area contributed by atoms with Gasteiger partial charge in [0.2, 0.25) is 5.91 Å². The quantitative estimate of drug-likeness (QED) is 0.716. The number of rotatable bonds is 7. The lowest BCUT2D eigenvalue weighted by Gasteiger charge is -2.17. The summed E-state index contributed by atoms with van der Waals surface area (Å²) in [5, 5.41) is 11.6. The molecule has 2 aromatic carbocycles. The molecule has 0 saturated heterocycles. The third-order valence-electron chi connectivity index (χ3n) is 3.98. The molecule has 0 bridgehead atoms. The Bertz CT molecular complexity index is 931. The van der Waals surface area contributed by atoms with Crippen LogP contribution in [-0.4, -0.2) is 50.6 Å². The van der Waals surface area contributed by atoms with Gasteiger partial charge in [0.25, 0.3) is 0 Å². The number of ether oxygens (including phenoxy) is 2. The SMILES string of the molecule is COC(=O)c1cc(NC(=O)CN(C)Cc2cccc(C#N)c2)cc(C(=O)OC)c1. The Morgan fingerprint density at radius 1 is 1.03 bits per heavy atom. The zero-order chi connectivity index (χ0) is 21.4. The van der Waals surface area contributed by atoms with Crippen molar-refractivity contribution in [2.45, 2.75) is 6.54 Å². The van der Waals surface area contributed by atoms with Gasteiger partial charge in [-0.2, -0.15) is 5.26 Å². The Balaban J connectivity index is 2.09. The fourth-order valence-corrected chi connectivity index (χ4v) is 2.72. The lowest BCUT2D eigenvalue weighted by Crippen LogP contribution is -2.30. The fraction of sp³-hybridized carbons (Fsp3) is 0.238. The van der Waals surface area contributed by atoms with E-state index in [1.165, 1.54) is 32.4 Å². The molecule has 2 aromatic rings. The molecule has 1 N–H and O–H groups in total. The van der Waals surface area contributed by atoms with Gasteiger partial charge in [0, 0.05) is 12.2 Å². The number of nitriles is 1. The highest BCUT2D eigenvalue weighted by Crippen LogP contribution is 2.17. The van der Waals surface area contributed by atoms with Gasteiger partial charge in [0.05, 0.1) is 43.5 Å². The van der Waals surface area contributed by atoms with Crippen molar-refractivity contribution >= 4 is 23.5 Å². The zero-order valence-corrected chi connectivity index (χ0v) is 16.4. The zero-order valence-electron chi connectivity index (χ0n) is 16.4. The molecule has 0 saturated carbocycles. The van der Waals surface area contributed by atoms with Gasteiger partial charge in [-0.15, -0.1) is 0 Å². The van der Waals surface area contributed by atoms with E-state index in [0.29, 0.717) is 12.1 Å². The van der Waals surface area contributed by atoms with E-state index in [-0.39, 0.29) is 29.3 Å². The summed E-state index contributed by atoms with van der Waals surface area (Å²) in [6, 6.07) is 13.4. The summed E-state index contributed by atoms with van der Waals surface area (Å²) in [6.45, 7) is 0.533. The highest BCUT2D eigenvalue weighted by molar-refractivity contribution is 5.99. The Morgan fingerprint density at radius 2 is 1.66 bits per heavy atom. The molecule has 0 spiro atoms. The molecule has 0 heterocycles. The second kappa shape index (κ2) is 10.0. The summed E-state index contributed by atoms with van der Waals surface area (Å²) in [5.41, 5.74) is 1.97. The van der Waals surface area contributed by atoms with Gasteiger partial charge in [0.15, 0.2) is 0 Å². The summed E-state index contributed by atoms with van der Waals surface area (Å²) in [4.78, 5) is 37.8. The third-order valence-corrected chi connectivity index (χ3v) is 3.98. The summed E-state index contributed by atoms with van der Waals surface area (Å²) in [6.07, 6.45) is 0. The molecule has 1 amide bonds. The summed E-state index contributed by atoms with van der Waals surface area (Å²) < 4.78 is 9.36. The molecule has 0 fully saturated rings. The highest BCUT2D eigenvalue weighted by atomic mass is 16.5. The van der Waals surface area contributed by atoms with Crippen LogP contribution in [0.1, 0.15) is 31.8 Å². The Kier molecular flexibility index (Phi) is 7.46. The number of esters is 2. The molecule has 0 aliphatic rings. The number of nitrogens with one attached hydrogen (secondary N) is 1. The van der Waals surface area contributed by atoms with Crippen LogP contribution in [0.25, 0.3) is 0 Å². The summed E-state index contributed by atoms with van der Waals surface area (Å²) in [5.74, 6) is -1.61. The van der Waals surface area contributed by atoms with E-state index in [0.717, 1.165) is 5.56 Å². The second-order valence-electron chi connectivity index (χ2n) is 6.31. The molecule has 2 rings (SSSR count). The Morgan fingerprint density at radius 3 is 2.21 bits per heavy atom. The second-order valence-corrected chi connectivity index (χ2v) is 6.31. The average Bonchev–Trinajstić information content (AvgIpc) is 2.72. The van der Waals surface area contributed by atoms with Crippen LogP contribution < -0.4 is 5.32 Å². The van der Waals surface area contributed by atoms with Crippen LogP contribution in [0.2, 0.25) is 0 Å². The van der Waals surface area contributed by atoms with Gasteiger partial charge in [-0.3, -0.25) is 9.69 Å². The van der Waals surface area contributed by atoms with Crippen LogP contribution in [-0.2, 0) is 20.8 Å². The normalized spacial score (nSPS) is 10.2. The number of carbonyl (C=O) groups is 3. The molecular formula is C21H21N3O5. The first-order valence-electron chi connectivity index (χ1n) is 8.65. The van der Waals surface area contributed by atoms with Crippen molar-refractivity contribution in [2.75, 3.05) is 33.1 Å². The van der Waals surface area contributed by atoms with Crippen molar-refractivity contribution in [2.24, 2.45) is 0 Å². The molecule has 8 nitrogen and oxygen atoms in total. The topological polar surface area (TPSA) is 109 Å². The maximum Gasteiger partial charge on any atom is 0.337 e. The summed E-state index contributed by atoms with van der Waals surface area (Å²) in [7, 11) is 4.21. The number of hydrogen-bond donors (Lipinski definition) is 1. The number of hydrogen-bond acceptors (Lipinski definition) is 7. The van der Waals surface area contributed by atoms with Gasteiger partial charge in [0.1, 0.15) is 0 Å². The van der Waals surface area contributed by atoms with Crippen molar-refractivity contribution in [1.82, 2.24) is 4.90 Å². The highest BCUT2D eigenvalue weighted by Gasteiger charge is 2.15. The standard InChI is InChI=1S/C21H21N3O5/c1-24(12-15-6-4-5-14(7-15)11-22)13-19(25)23-18-9-16(20(26)28-2)8-17(10-18)21(27)29-3/h4-10H,12-13H2,1-3H3,(H,23,25). The number of methoxy groups -OCH3 is 2. The lowest BCUT2D eigenvalue weighted by atomic mass is 10.1. The number of nitrogens with zero attached hydrogens (tertiary/aromatic N) is 2. The van der Waals surface area contributed by atoms with Crippen molar-refractivity contribution in [3.63, 3.8) is 0 Å². The van der Waals surface area contributed by atoms with Gasteiger partial charge < -0.3 is 14.8 Å². The van der Waals surface area contributed by atoms with Crippen molar-refractivity contribution in [3.05, 3.63) is 64.7 Å². The van der Waals surface area contributed by atoms with Crippen LogP contribution in [0.3, 0.4) is 0 Å². The van der Waals surface area contributed by atoms with Crippen LogP contribution >= 0.6 is 0 Å². The molecule has 0 aromatic heterocycles. The predicted molar refractivity (Wildman–Crippen MR) is 105 cm³/mol. The molecule has 8 heteroatoms. The minimum atomic E-state index is -0.638. The fourth-order valence-electron chi connectivity index (χ4n) is 2.72.